The molecule has 4 N–H and O–H groups in total. The summed E-state index contributed by atoms with van der Waals surface area (Å²) in [6, 6.07) is 16.0. The van der Waals surface area contributed by atoms with E-state index in [0.29, 0.717) is 22.3 Å². The number of hydrogen-bond acceptors (Lipinski definition) is 8. The Hall–Kier alpha value is -4.97. The van der Waals surface area contributed by atoms with Gasteiger partial charge in [0.1, 0.15) is 18.1 Å². The molecule has 0 aromatic heterocycles. The lowest BCUT2D eigenvalue weighted by Gasteiger charge is -2.60. The Morgan fingerprint density at radius 2 is 1.61 bits per heavy atom. The van der Waals surface area contributed by atoms with Crippen LogP contribution in [0.25, 0.3) is 11.1 Å². The van der Waals surface area contributed by atoms with Crippen LogP contribution in [0.1, 0.15) is 47.3 Å². The van der Waals surface area contributed by atoms with E-state index in [2.05, 4.69) is 0 Å². The van der Waals surface area contributed by atoms with Crippen LogP contribution in [0.2, 0.25) is 0 Å². The fourth-order valence-electron chi connectivity index (χ4n) is 8.43. The highest BCUT2D eigenvalue weighted by Crippen LogP contribution is 2.63. The van der Waals surface area contributed by atoms with E-state index < -0.39 is 69.0 Å². The van der Waals surface area contributed by atoms with Gasteiger partial charge in [0, 0.05) is 14.1 Å². The molecule has 6 rings (SSSR count). The van der Waals surface area contributed by atoms with E-state index in [9.17, 15) is 42.6 Å². The largest absolute Gasteiger partial charge is 0.507 e. The molecule has 2 unspecified atom stereocenters. The van der Waals surface area contributed by atoms with E-state index in [1.54, 1.807) is 50.2 Å². The number of carbonyl (C=O) groups excluding carboxylic acids is 4. The number of carbonyl (C=O) groups is 4. The highest BCUT2D eigenvalue weighted by Gasteiger charge is 2.74. The first-order chi connectivity index (χ1) is 22.9. The molecule has 1 amide bonds. The average Bonchev–Trinajstić information content (AvgIpc) is 3.01. The van der Waals surface area contributed by atoms with Crippen LogP contribution in [0.4, 0.5) is 13.2 Å². The van der Waals surface area contributed by atoms with E-state index in [4.69, 9.17) is 10.5 Å². The quantitative estimate of drug-likeness (QED) is 0.315. The summed E-state index contributed by atoms with van der Waals surface area (Å²) in [5, 5.41) is 23.3. The van der Waals surface area contributed by atoms with Gasteiger partial charge in [-0.25, -0.2) is 0 Å². The molecular formula is C37H35F3N2O7. The monoisotopic (exact) mass is 676 g/mol. The minimum Gasteiger partial charge on any atom is -0.507 e. The van der Waals surface area contributed by atoms with Crippen molar-refractivity contribution < 1.29 is 47.3 Å². The minimum absolute atomic E-state index is 0.0186. The van der Waals surface area contributed by atoms with Gasteiger partial charge in [-0.3, -0.25) is 19.2 Å². The molecule has 0 heterocycles. The molecule has 12 heteroatoms. The van der Waals surface area contributed by atoms with Crippen molar-refractivity contribution in [3.05, 3.63) is 100 Å². The second-order valence-corrected chi connectivity index (χ2v) is 13.9. The number of Topliss-reactive ketones (excluding diaryl/α,β-unsaturated/α-hetero) is 3. The fourth-order valence-corrected chi connectivity index (χ4v) is 8.43. The molecule has 5 atom stereocenters. The maximum atomic E-state index is 14.7. The number of phenolic OH excluding ortho intramolecular Hbond substituents is 1. The Labute approximate surface area is 280 Å². The van der Waals surface area contributed by atoms with Gasteiger partial charge >= 0.3 is 6.18 Å². The number of nitrogens with zero attached hydrogens (tertiary/aromatic N) is 1. The number of phenols is 1. The zero-order valence-corrected chi connectivity index (χ0v) is 27.2. The number of hydrogen-bond donors (Lipinski definition) is 3. The molecule has 1 fully saturated rings. The predicted molar refractivity (Wildman–Crippen MR) is 170 cm³/mol. The lowest BCUT2D eigenvalue weighted by atomic mass is 9.43. The van der Waals surface area contributed by atoms with Gasteiger partial charge in [0.2, 0.25) is 5.91 Å². The number of aliphatic hydroxyl groups is 1. The molecule has 3 aliphatic rings. The van der Waals surface area contributed by atoms with Crippen molar-refractivity contribution in [3.8, 4) is 16.9 Å². The Kier molecular flexibility index (Phi) is 7.82. The Balaban J connectivity index is 1.53. The van der Waals surface area contributed by atoms with E-state index >= 15 is 0 Å². The van der Waals surface area contributed by atoms with Crippen molar-refractivity contribution in [2.24, 2.45) is 28.4 Å². The summed E-state index contributed by atoms with van der Waals surface area (Å²) >= 11 is 0. The van der Waals surface area contributed by atoms with Gasteiger partial charge in [-0.2, -0.15) is 13.2 Å². The third-order valence-corrected chi connectivity index (χ3v) is 10.4. The summed E-state index contributed by atoms with van der Waals surface area (Å²) in [6.07, 6.45) is -4.72. The lowest BCUT2D eigenvalue weighted by Crippen LogP contribution is -2.74. The molecule has 49 heavy (non-hydrogen) atoms. The molecule has 256 valence electrons. The highest BCUT2D eigenvalue weighted by atomic mass is 19.4. The van der Waals surface area contributed by atoms with E-state index in [1.807, 2.05) is 6.07 Å². The number of amides is 1. The van der Waals surface area contributed by atoms with Gasteiger partial charge < -0.3 is 25.6 Å². The molecule has 0 spiro atoms. The van der Waals surface area contributed by atoms with Crippen molar-refractivity contribution in [1.82, 2.24) is 4.90 Å². The number of benzene rings is 3. The van der Waals surface area contributed by atoms with Crippen molar-refractivity contribution in [3.63, 3.8) is 0 Å². The van der Waals surface area contributed by atoms with Gasteiger partial charge in [0.25, 0.3) is 0 Å². The van der Waals surface area contributed by atoms with E-state index in [1.165, 1.54) is 31.2 Å². The van der Waals surface area contributed by atoms with Crippen LogP contribution in [0.3, 0.4) is 0 Å². The Bertz CT molecular complexity index is 1940. The van der Waals surface area contributed by atoms with Crippen LogP contribution in [0.15, 0.2) is 78.2 Å². The summed E-state index contributed by atoms with van der Waals surface area (Å²) in [5.74, 6) is -8.36. The molecule has 3 aliphatic carbocycles. The first-order valence-electron chi connectivity index (χ1n) is 15.6. The smallest absolute Gasteiger partial charge is 0.416 e. The second-order valence-electron chi connectivity index (χ2n) is 13.9. The number of alkyl halides is 3. The number of ether oxygens (including phenoxy) is 1. The van der Waals surface area contributed by atoms with Gasteiger partial charge in [-0.05, 0) is 58.7 Å². The second kappa shape index (κ2) is 11.3. The molecule has 0 radical (unpaired) electrons. The first-order valence-corrected chi connectivity index (χ1v) is 15.6. The van der Waals surface area contributed by atoms with Crippen LogP contribution in [-0.2, 0) is 38.3 Å². The van der Waals surface area contributed by atoms with Crippen LogP contribution >= 0.6 is 0 Å². The number of halogens is 3. The zero-order valence-electron chi connectivity index (χ0n) is 27.2. The third kappa shape index (κ3) is 4.95. The van der Waals surface area contributed by atoms with Crippen LogP contribution in [0.5, 0.6) is 5.75 Å². The SMILES string of the molecule is CN(C)C1=C(OCc2ccccc2)C(C(N)=O)C(=O)[C@@]2(O)C(=O)C3C(=O)c4c(O)ccc(-c5ccc(C(F)(F)F)cc5)c4C[C@@]3(C)C[C@@]12C. The first kappa shape index (κ1) is 33.9. The number of ketones is 3. The van der Waals surface area contributed by atoms with Gasteiger partial charge in [-0.1, -0.05) is 62.4 Å². The average molecular weight is 677 g/mol. The lowest BCUT2D eigenvalue weighted by molar-refractivity contribution is -0.187. The van der Waals surface area contributed by atoms with Crippen molar-refractivity contribution in [1.29, 1.82) is 0 Å². The summed E-state index contributed by atoms with van der Waals surface area (Å²) < 4.78 is 46.1. The molecule has 0 saturated heterocycles. The molecule has 9 nitrogen and oxygen atoms in total. The standard InChI is InChI=1S/C37H35F3N2O7/c1-34-16-23-22(20-10-12-21(13-11-20)37(38,39)40)14-15-24(43)25(23)28(44)27(34)32(46)36(48)31(45)26(33(41)47)29(30(42(3)4)35(36,2)18-34)49-17-19-8-6-5-7-9-19/h5-15,26-27,43,48H,16-18H2,1-4H3,(H2,41,47)/t26?,27?,34-,35-,36+/m0/s1. The maximum absolute atomic E-state index is 14.7. The Morgan fingerprint density at radius 3 is 2.18 bits per heavy atom. The van der Waals surface area contributed by atoms with Gasteiger partial charge in [0.05, 0.1) is 28.2 Å². The van der Waals surface area contributed by atoms with E-state index in [-0.39, 0.29) is 36.5 Å². The van der Waals surface area contributed by atoms with Gasteiger partial charge in [0.15, 0.2) is 28.9 Å². The zero-order chi connectivity index (χ0) is 35.8. The number of aromatic hydroxyl groups is 1. The molecule has 3 aromatic rings. The highest BCUT2D eigenvalue weighted by molar-refractivity contribution is 6.27. The summed E-state index contributed by atoms with van der Waals surface area (Å²) in [4.78, 5) is 57.8. The fraction of sp³-hybridized carbons (Fsp3) is 0.351. The minimum atomic E-state index is -4.56. The number of rotatable bonds is 6. The maximum Gasteiger partial charge on any atom is 0.416 e. The summed E-state index contributed by atoms with van der Waals surface area (Å²) in [7, 11) is 3.23. The van der Waals surface area contributed by atoms with Crippen molar-refractivity contribution >= 4 is 23.3 Å². The number of fused-ring (bicyclic) bond motifs is 3. The molecule has 0 bridgehead atoms. The summed E-state index contributed by atoms with van der Waals surface area (Å²) in [6.45, 7) is 3.13. The Morgan fingerprint density at radius 1 is 0.980 bits per heavy atom. The van der Waals surface area contributed by atoms with E-state index in [0.717, 1.165) is 12.1 Å². The predicted octanol–water partition coefficient (Wildman–Crippen LogP) is 4.82. The van der Waals surface area contributed by atoms with Crippen molar-refractivity contribution in [2.45, 2.75) is 45.1 Å². The number of primary amides is 1. The third-order valence-electron chi connectivity index (χ3n) is 10.4. The van der Waals surface area contributed by atoms with Crippen LogP contribution < -0.4 is 5.73 Å². The topological polar surface area (TPSA) is 147 Å². The molecule has 1 saturated carbocycles. The molecule has 0 aliphatic heterocycles. The normalized spacial score (nSPS) is 28.0. The van der Waals surface area contributed by atoms with Crippen LogP contribution in [-0.4, -0.2) is 58.1 Å². The van der Waals surface area contributed by atoms with Crippen molar-refractivity contribution in [2.75, 3.05) is 14.1 Å². The van der Waals surface area contributed by atoms with Gasteiger partial charge in [-0.15, -0.1) is 0 Å². The molecule has 3 aromatic carbocycles. The van der Waals surface area contributed by atoms with Crippen LogP contribution in [0, 0.1) is 22.7 Å². The molecular weight excluding hydrogens is 641 g/mol. The number of nitrogens with two attached hydrogens (primary N) is 1. The summed E-state index contributed by atoms with van der Waals surface area (Å²) in [5.41, 5.74) is 0.720.